The topological polar surface area (TPSA) is 38.9 Å². The van der Waals surface area contributed by atoms with Crippen LogP contribution in [-0.2, 0) is 0 Å². The van der Waals surface area contributed by atoms with Gasteiger partial charge >= 0.3 is 0 Å². The van der Waals surface area contributed by atoms with Gasteiger partial charge in [0, 0.05) is 5.56 Å². The van der Waals surface area contributed by atoms with E-state index in [4.69, 9.17) is 4.52 Å². The van der Waals surface area contributed by atoms with Crippen molar-refractivity contribution in [2.75, 3.05) is 0 Å². The van der Waals surface area contributed by atoms with Crippen LogP contribution in [0.2, 0.25) is 0 Å². The van der Waals surface area contributed by atoms with Gasteiger partial charge in [-0.25, -0.2) is 0 Å². The Morgan fingerprint density at radius 3 is 2.58 bits per heavy atom. The molecule has 2 rings (SSSR count). The van der Waals surface area contributed by atoms with Gasteiger partial charge in [-0.2, -0.15) is 4.98 Å². The normalized spacial score (nSPS) is 10.1. The fraction of sp³-hybridized carbons (Fsp3) is 0.111. The molecule has 1 aromatic heterocycles. The number of benzene rings is 1. The Balaban J connectivity index is 2.43. The van der Waals surface area contributed by atoms with Crippen molar-refractivity contribution in [1.82, 2.24) is 10.1 Å². The first-order chi connectivity index (χ1) is 5.86. The maximum Gasteiger partial charge on any atom is 0.258 e. The van der Waals surface area contributed by atoms with Crippen LogP contribution in [0.4, 0.5) is 0 Å². The molecule has 0 N–H and O–H groups in total. The molecular formula is C9H7N2O. The molecule has 0 saturated heterocycles. The van der Waals surface area contributed by atoms with E-state index in [2.05, 4.69) is 16.5 Å². The SMILES string of the molecule is Cc1ccc(-c2n[c]no2)cc1. The molecule has 3 heteroatoms. The molecule has 0 atom stereocenters. The molecule has 59 valence electrons. The zero-order valence-corrected chi connectivity index (χ0v) is 6.61. The Kier molecular flexibility index (Phi) is 1.63. The van der Waals surface area contributed by atoms with Gasteiger partial charge in [-0.1, -0.05) is 22.9 Å². The summed E-state index contributed by atoms with van der Waals surface area (Å²) in [5, 5.41) is 3.41. The van der Waals surface area contributed by atoms with Gasteiger partial charge < -0.3 is 4.52 Å². The summed E-state index contributed by atoms with van der Waals surface area (Å²) in [5.41, 5.74) is 2.14. The maximum atomic E-state index is 4.84. The minimum atomic E-state index is 0.509. The van der Waals surface area contributed by atoms with E-state index in [1.165, 1.54) is 5.56 Å². The van der Waals surface area contributed by atoms with Crippen molar-refractivity contribution in [3.05, 3.63) is 36.2 Å². The zero-order chi connectivity index (χ0) is 8.39. The van der Waals surface area contributed by atoms with Crippen LogP contribution in [0.1, 0.15) is 5.56 Å². The first kappa shape index (κ1) is 7.03. The molecule has 0 bridgehead atoms. The van der Waals surface area contributed by atoms with Gasteiger partial charge in [0.1, 0.15) is 0 Å². The number of hydrogen-bond acceptors (Lipinski definition) is 3. The smallest absolute Gasteiger partial charge is 0.258 e. The molecule has 0 aliphatic heterocycles. The van der Waals surface area contributed by atoms with Gasteiger partial charge in [0.15, 0.2) is 0 Å². The summed E-state index contributed by atoms with van der Waals surface area (Å²) in [4.78, 5) is 3.81. The lowest BCUT2D eigenvalue weighted by Gasteiger charge is -1.93. The molecule has 0 spiro atoms. The zero-order valence-electron chi connectivity index (χ0n) is 6.61. The van der Waals surface area contributed by atoms with Crippen LogP contribution >= 0.6 is 0 Å². The second kappa shape index (κ2) is 2.77. The van der Waals surface area contributed by atoms with Crippen LogP contribution in [0.3, 0.4) is 0 Å². The molecule has 0 unspecified atom stereocenters. The predicted octanol–water partition coefficient (Wildman–Crippen LogP) is 1.85. The minimum absolute atomic E-state index is 0.509. The Morgan fingerprint density at radius 2 is 2.00 bits per heavy atom. The first-order valence-corrected chi connectivity index (χ1v) is 3.63. The third kappa shape index (κ3) is 1.21. The van der Waals surface area contributed by atoms with E-state index in [1.54, 1.807) is 0 Å². The highest BCUT2D eigenvalue weighted by Gasteiger charge is 2.01. The fourth-order valence-corrected chi connectivity index (χ4v) is 0.963. The molecule has 0 aliphatic rings. The summed E-state index contributed by atoms with van der Waals surface area (Å²) in [6.45, 7) is 2.03. The van der Waals surface area contributed by atoms with Gasteiger partial charge in [-0.15, -0.1) is 0 Å². The van der Waals surface area contributed by atoms with Crippen LogP contribution in [0.5, 0.6) is 0 Å². The number of aryl methyl sites for hydroxylation is 1. The average Bonchev–Trinajstić information content (AvgIpc) is 2.58. The Morgan fingerprint density at radius 1 is 1.25 bits per heavy atom. The summed E-state index contributed by atoms with van der Waals surface area (Å²) in [6.07, 6.45) is 2.38. The van der Waals surface area contributed by atoms with Crippen LogP contribution < -0.4 is 0 Å². The highest BCUT2D eigenvalue weighted by molar-refractivity contribution is 5.52. The largest absolute Gasteiger partial charge is 0.333 e. The lowest BCUT2D eigenvalue weighted by Crippen LogP contribution is -1.76. The van der Waals surface area contributed by atoms with Gasteiger partial charge in [0.05, 0.1) is 0 Å². The van der Waals surface area contributed by atoms with E-state index in [-0.39, 0.29) is 0 Å². The van der Waals surface area contributed by atoms with Gasteiger partial charge in [-0.3, -0.25) is 0 Å². The van der Waals surface area contributed by atoms with Crippen LogP contribution in [0.25, 0.3) is 11.5 Å². The lowest BCUT2D eigenvalue weighted by atomic mass is 10.1. The van der Waals surface area contributed by atoms with Crippen molar-refractivity contribution in [3.63, 3.8) is 0 Å². The highest BCUT2D eigenvalue weighted by atomic mass is 16.5. The van der Waals surface area contributed by atoms with Crippen molar-refractivity contribution >= 4 is 0 Å². The third-order valence-corrected chi connectivity index (χ3v) is 1.62. The van der Waals surface area contributed by atoms with Crippen molar-refractivity contribution < 1.29 is 4.52 Å². The molecule has 0 amide bonds. The second-order valence-electron chi connectivity index (χ2n) is 2.57. The number of rotatable bonds is 1. The third-order valence-electron chi connectivity index (χ3n) is 1.62. The fourth-order valence-electron chi connectivity index (χ4n) is 0.963. The number of hydrogen-bond donors (Lipinski definition) is 0. The minimum Gasteiger partial charge on any atom is -0.333 e. The maximum absolute atomic E-state index is 4.84. The standard InChI is InChI=1S/C9H7N2O/c1-7-2-4-8(5-3-7)9-10-6-11-12-9/h2-5H,1H3. The van der Waals surface area contributed by atoms with Crippen LogP contribution in [0, 0.1) is 13.3 Å². The van der Waals surface area contributed by atoms with Crippen molar-refractivity contribution in [2.24, 2.45) is 0 Å². The van der Waals surface area contributed by atoms with E-state index >= 15 is 0 Å². The van der Waals surface area contributed by atoms with E-state index in [0.29, 0.717) is 5.89 Å². The van der Waals surface area contributed by atoms with Crippen molar-refractivity contribution in [2.45, 2.75) is 6.92 Å². The number of nitrogens with zero attached hydrogens (tertiary/aromatic N) is 2. The Labute approximate surface area is 70.0 Å². The molecule has 0 saturated carbocycles. The van der Waals surface area contributed by atoms with Crippen LogP contribution in [0.15, 0.2) is 28.8 Å². The Bertz CT molecular complexity index is 351. The average molecular weight is 159 g/mol. The highest BCUT2D eigenvalue weighted by Crippen LogP contribution is 2.15. The lowest BCUT2D eigenvalue weighted by molar-refractivity contribution is 0.429. The quantitative estimate of drug-likeness (QED) is 0.637. The first-order valence-electron chi connectivity index (χ1n) is 3.63. The van der Waals surface area contributed by atoms with E-state index in [1.807, 2.05) is 31.2 Å². The molecule has 2 aromatic rings. The van der Waals surface area contributed by atoms with Gasteiger partial charge in [0.2, 0.25) is 6.33 Å². The summed E-state index contributed by atoms with van der Waals surface area (Å²) < 4.78 is 4.84. The molecule has 1 heterocycles. The summed E-state index contributed by atoms with van der Waals surface area (Å²) in [6, 6.07) is 7.88. The summed E-state index contributed by atoms with van der Waals surface area (Å²) in [5.74, 6) is 0.509. The molecule has 1 radical (unpaired) electrons. The summed E-state index contributed by atoms with van der Waals surface area (Å²) in [7, 11) is 0. The molecule has 0 fully saturated rings. The molecule has 12 heavy (non-hydrogen) atoms. The molecule has 1 aromatic carbocycles. The van der Waals surface area contributed by atoms with Gasteiger partial charge in [-0.05, 0) is 19.1 Å². The number of aromatic nitrogens is 2. The molecular weight excluding hydrogens is 152 g/mol. The Hall–Kier alpha value is -1.64. The molecule has 0 aliphatic carbocycles. The van der Waals surface area contributed by atoms with E-state index in [0.717, 1.165) is 5.56 Å². The van der Waals surface area contributed by atoms with Crippen molar-refractivity contribution in [1.29, 1.82) is 0 Å². The second-order valence-corrected chi connectivity index (χ2v) is 2.57. The van der Waals surface area contributed by atoms with E-state index < -0.39 is 0 Å². The monoisotopic (exact) mass is 159 g/mol. The predicted molar refractivity (Wildman–Crippen MR) is 43.3 cm³/mol. The van der Waals surface area contributed by atoms with E-state index in [9.17, 15) is 0 Å². The van der Waals surface area contributed by atoms with Crippen LogP contribution in [-0.4, -0.2) is 10.1 Å². The van der Waals surface area contributed by atoms with Crippen molar-refractivity contribution in [3.8, 4) is 11.5 Å². The van der Waals surface area contributed by atoms with Gasteiger partial charge in [0.25, 0.3) is 5.89 Å². The summed E-state index contributed by atoms with van der Waals surface area (Å²) >= 11 is 0. The molecule has 3 nitrogen and oxygen atoms in total.